The molecule has 1 fully saturated rings. The SMILES string of the molecule is COc1cc(B2OC(C)(C)C(C)(C)O2)nc(C(F)(F)F)c1. The van der Waals surface area contributed by atoms with Crippen LogP contribution < -0.4 is 10.3 Å². The van der Waals surface area contributed by atoms with Gasteiger partial charge in [-0.1, -0.05) is 0 Å². The maximum atomic E-state index is 12.9. The van der Waals surface area contributed by atoms with Crippen LogP contribution >= 0.6 is 0 Å². The average Bonchev–Trinajstić information content (AvgIpc) is 2.57. The van der Waals surface area contributed by atoms with Crippen molar-refractivity contribution in [2.45, 2.75) is 45.1 Å². The molecule has 21 heavy (non-hydrogen) atoms. The molecular formula is C13H17BF3NO3. The predicted octanol–water partition coefficient (Wildman–Crippen LogP) is 2.41. The quantitative estimate of drug-likeness (QED) is 0.787. The summed E-state index contributed by atoms with van der Waals surface area (Å²) in [6, 6.07) is 2.23. The second kappa shape index (κ2) is 4.88. The van der Waals surface area contributed by atoms with Gasteiger partial charge in [-0.05, 0) is 33.8 Å². The van der Waals surface area contributed by atoms with E-state index in [0.29, 0.717) is 0 Å². The lowest BCUT2D eigenvalue weighted by Gasteiger charge is -2.32. The van der Waals surface area contributed by atoms with Crippen LogP contribution in [-0.2, 0) is 15.5 Å². The Balaban J connectivity index is 2.42. The van der Waals surface area contributed by atoms with Crippen molar-refractivity contribution < 1.29 is 27.2 Å². The van der Waals surface area contributed by atoms with E-state index >= 15 is 0 Å². The fourth-order valence-corrected chi connectivity index (χ4v) is 1.87. The van der Waals surface area contributed by atoms with Crippen LogP contribution in [0.3, 0.4) is 0 Å². The maximum Gasteiger partial charge on any atom is 0.514 e. The minimum absolute atomic E-state index is 0.0420. The van der Waals surface area contributed by atoms with Crippen LogP contribution in [0.5, 0.6) is 5.75 Å². The van der Waals surface area contributed by atoms with E-state index in [1.165, 1.54) is 13.2 Å². The molecule has 8 heteroatoms. The summed E-state index contributed by atoms with van der Waals surface area (Å²) in [6.45, 7) is 7.27. The monoisotopic (exact) mass is 303 g/mol. The topological polar surface area (TPSA) is 40.6 Å². The van der Waals surface area contributed by atoms with Crippen LogP contribution in [0, 0.1) is 0 Å². The van der Waals surface area contributed by atoms with Crippen LogP contribution in [0.1, 0.15) is 33.4 Å². The molecule has 1 aromatic heterocycles. The van der Waals surface area contributed by atoms with Gasteiger partial charge in [0.05, 0.1) is 23.9 Å². The molecule has 0 unspecified atom stereocenters. The van der Waals surface area contributed by atoms with Crippen molar-refractivity contribution in [2.24, 2.45) is 0 Å². The third-order valence-electron chi connectivity index (χ3n) is 3.84. The minimum atomic E-state index is -4.56. The normalized spacial score (nSPS) is 20.7. The molecule has 2 heterocycles. The molecule has 0 bridgehead atoms. The van der Waals surface area contributed by atoms with Crippen molar-refractivity contribution in [2.75, 3.05) is 7.11 Å². The standard InChI is InChI=1S/C13H17BF3NO3/c1-11(2)12(3,4)21-14(20-11)10-7-8(19-5)6-9(18-10)13(15,16)17/h6-7H,1-5H3. The summed E-state index contributed by atoms with van der Waals surface area (Å²) in [6.07, 6.45) is -4.56. The van der Waals surface area contributed by atoms with Crippen LogP contribution in [0.4, 0.5) is 13.2 Å². The van der Waals surface area contributed by atoms with Gasteiger partial charge in [0.15, 0.2) is 0 Å². The Morgan fingerprint density at radius 3 is 2.05 bits per heavy atom. The first-order chi connectivity index (χ1) is 9.46. The van der Waals surface area contributed by atoms with Gasteiger partial charge in [0.2, 0.25) is 0 Å². The number of alkyl halides is 3. The van der Waals surface area contributed by atoms with Gasteiger partial charge in [-0.25, -0.2) is 0 Å². The third kappa shape index (κ3) is 3.01. The van der Waals surface area contributed by atoms with Crippen LogP contribution in [-0.4, -0.2) is 30.4 Å². The second-order valence-electron chi connectivity index (χ2n) is 5.90. The molecule has 4 nitrogen and oxygen atoms in total. The molecular weight excluding hydrogens is 286 g/mol. The number of nitrogens with zero attached hydrogens (tertiary/aromatic N) is 1. The molecule has 0 N–H and O–H groups in total. The van der Waals surface area contributed by atoms with Crippen molar-refractivity contribution >= 4 is 12.7 Å². The first-order valence-corrected chi connectivity index (χ1v) is 6.45. The molecule has 1 aromatic rings. The highest BCUT2D eigenvalue weighted by Crippen LogP contribution is 2.37. The highest BCUT2D eigenvalue weighted by Gasteiger charge is 2.52. The van der Waals surface area contributed by atoms with Gasteiger partial charge < -0.3 is 14.0 Å². The fourth-order valence-electron chi connectivity index (χ4n) is 1.87. The summed E-state index contributed by atoms with van der Waals surface area (Å²) in [5, 5.41) is 0. The molecule has 0 aliphatic carbocycles. The summed E-state index contributed by atoms with van der Waals surface area (Å²) in [5.41, 5.74) is -2.30. The highest BCUT2D eigenvalue weighted by atomic mass is 19.4. The smallest absolute Gasteiger partial charge is 0.497 e. The van der Waals surface area contributed by atoms with Crippen molar-refractivity contribution in [3.8, 4) is 5.75 Å². The first kappa shape index (κ1) is 16.1. The number of aromatic nitrogens is 1. The van der Waals surface area contributed by atoms with E-state index < -0.39 is 30.2 Å². The Kier molecular flexibility index (Phi) is 3.74. The van der Waals surface area contributed by atoms with Crippen molar-refractivity contribution in [1.82, 2.24) is 4.98 Å². The van der Waals surface area contributed by atoms with E-state index in [0.717, 1.165) is 6.07 Å². The van der Waals surface area contributed by atoms with Gasteiger partial charge in [-0.15, -0.1) is 0 Å². The molecule has 0 amide bonds. The Bertz CT molecular complexity index is 530. The summed E-state index contributed by atoms with van der Waals surface area (Å²) in [5.74, 6) is 0.0574. The lowest BCUT2D eigenvalue weighted by Crippen LogP contribution is -2.41. The minimum Gasteiger partial charge on any atom is -0.497 e. The van der Waals surface area contributed by atoms with Crippen LogP contribution in [0.25, 0.3) is 0 Å². The Morgan fingerprint density at radius 2 is 1.62 bits per heavy atom. The van der Waals surface area contributed by atoms with Gasteiger partial charge >= 0.3 is 13.3 Å². The molecule has 2 rings (SSSR count). The number of hydrogen-bond donors (Lipinski definition) is 0. The number of methoxy groups -OCH3 is 1. The average molecular weight is 303 g/mol. The molecule has 1 aliphatic heterocycles. The molecule has 0 saturated carbocycles. The summed E-state index contributed by atoms with van der Waals surface area (Å²) in [7, 11) is 0.329. The van der Waals surface area contributed by atoms with E-state index in [4.69, 9.17) is 14.0 Å². The van der Waals surface area contributed by atoms with E-state index in [1.807, 2.05) is 27.7 Å². The Morgan fingerprint density at radius 1 is 1.10 bits per heavy atom. The van der Waals surface area contributed by atoms with Gasteiger partial charge in [0.1, 0.15) is 11.4 Å². The molecule has 0 spiro atoms. The summed E-state index contributed by atoms with van der Waals surface area (Å²) >= 11 is 0. The molecule has 0 aromatic carbocycles. The van der Waals surface area contributed by atoms with Gasteiger partial charge in [-0.2, -0.15) is 13.2 Å². The molecule has 116 valence electrons. The number of rotatable bonds is 2. The highest BCUT2D eigenvalue weighted by molar-refractivity contribution is 6.61. The first-order valence-electron chi connectivity index (χ1n) is 6.45. The number of ether oxygens (including phenoxy) is 1. The summed E-state index contributed by atoms with van der Waals surface area (Å²) in [4.78, 5) is 3.61. The van der Waals surface area contributed by atoms with E-state index in [1.54, 1.807) is 0 Å². The lowest BCUT2D eigenvalue weighted by atomic mass is 9.84. The Labute approximate surface area is 121 Å². The third-order valence-corrected chi connectivity index (χ3v) is 3.84. The van der Waals surface area contributed by atoms with Gasteiger partial charge in [0.25, 0.3) is 0 Å². The van der Waals surface area contributed by atoms with Crippen molar-refractivity contribution in [3.63, 3.8) is 0 Å². The van der Waals surface area contributed by atoms with Gasteiger partial charge in [-0.3, -0.25) is 4.98 Å². The van der Waals surface area contributed by atoms with Crippen molar-refractivity contribution in [3.05, 3.63) is 17.8 Å². The molecule has 0 radical (unpaired) electrons. The maximum absolute atomic E-state index is 12.9. The zero-order valence-corrected chi connectivity index (χ0v) is 12.5. The Hall–Kier alpha value is -1.28. The number of halogens is 3. The fraction of sp³-hybridized carbons (Fsp3) is 0.615. The van der Waals surface area contributed by atoms with E-state index in [2.05, 4.69) is 4.98 Å². The zero-order chi connectivity index (χ0) is 16.1. The number of pyridine rings is 1. The largest absolute Gasteiger partial charge is 0.514 e. The van der Waals surface area contributed by atoms with E-state index in [-0.39, 0.29) is 11.3 Å². The molecule has 1 aliphatic rings. The van der Waals surface area contributed by atoms with Crippen LogP contribution in [0.2, 0.25) is 0 Å². The van der Waals surface area contributed by atoms with Crippen LogP contribution in [0.15, 0.2) is 12.1 Å². The zero-order valence-electron chi connectivity index (χ0n) is 12.5. The second-order valence-corrected chi connectivity index (χ2v) is 5.90. The molecule has 1 saturated heterocycles. The lowest BCUT2D eigenvalue weighted by molar-refractivity contribution is -0.141. The van der Waals surface area contributed by atoms with E-state index in [9.17, 15) is 13.2 Å². The summed E-state index contributed by atoms with van der Waals surface area (Å²) < 4.78 is 54.9. The van der Waals surface area contributed by atoms with Crippen molar-refractivity contribution in [1.29, 1.82) is 0 Å². The van der Waals surface area contributed by atoms with Gasteiger partial charge in [0, 0.05) is 6.07 Å². The predicted molar refractivity (Wildman–Crippen MR) is 71.5 cm³/mol. The molecule has 0 atom stereocenters. The number of hydrogen-bond acceptors (Lipinski definition) is 4.